The molecule has 0 saturated carbocycles. The van der Waals surface area contributed by atoms with E-state index >= 15 is 0 Å². The number of nitrogens with one attached hydrogen (secondary N) is 2. The summed E-state index contributed by atoms with van der Waals surface area (Å²) in [4.78, 5) is 9.37. The summed E-state index contributed by atoms with van der Waals surface area (Å²) < 4.78 is 62.7. The van der Waals surface area contributed by atoms with Crippen LogP contribution in [0.4, 0.5) is 27.8 Å². The second kappa shape index (κ2) is 8.70. The summed E-state index contributed by atoms with van der Waals surface area (Å²) in [5.41, 5.74) is -0.909. The minimum Gasteiger partial charge on any atom is -0.357 e. The average molecular weight is 400 g/mol. The van der Waals surface area contributed by atoms with Gasteiger partial charge < -0.3 is 15.5 Å². The molecule has 5 nitrogen and oxygen atoms in total. The summed E-state index contributed by atoms with van der Waals surface area (Å²) in [6.07, 6.45) is -5.67. The third-order valence-corrected chi connectivity index (χ3v) is 3.99. The van der Waals surface area contributed by atoms with Gasteiger partial charge in [-0.1, -0.05) is 11.6 Å². The Kier molecular flexibility index (Phi) is 6.85. The highest BCUT2D eigenvalue weighted by atomic mass is 35.5. The molecule has 11 heteroatoms. The van der Waals surface area contributed by atoms with Gasteiger partial charge in [0.25, 0.3) is 6.43 Å². The van der Waals surface area contributed by atoms with Crippen molar-refractivity contribution in [2.45, 2.75) is 32.0 Å². The van der Waals surface area contributed by atoms with Gasteiger partial charge in [0.2, 0.25) is 0 Å². The number of hydrogen-bond donors (Lipinski definition) is 2. The second-order valence-electron chi connectivity index (χ2n) is 5.71. The molecular weight excluding hydrogens is 381 g/mol. The van der Waals surface area contributed by atoms with Crippen LogP contribution >= 0.6 is 11.6 Å². The van der Waals surface area contributed by atoms with Crippen molar-refractivity contribution in [3.05, 3.63) is 22.8 Å². The molecule has 2 heterocycles. The average Bonchev–Trinajstić information content (AvgIpc) is 3.00. The minimum absolute atomic E-state index is 0.0845. The van der Waals surface area contributed by atoms with Gasteiger partial charge in [-0.05, 0) is 19.4 Å². The van der Waals surface area contributed by atoms with Crippen LogP contribution in [0.1, 0.15) is 18.9 Å². The molecule has 146 valence electrons. The van der Waals surface area contributed by atoms with Crippen LogP contribution in [0.2, 0.25) is 5.02 Å². The van der Waals surface area contributed by atoms with Crippen molar-refractivity contribution in [1.82, 2.24) is 15.6 Å². The van der Waals surface area contributed by atoms with E-state index in [-0.39, 0.29) is 22.8 Å². The van der Waals surface area contributed by atoms with E-state index in [1.54, 1.807) is 4.90 Å². The summed E-state index contributed by atoms with van der Waals surface area (Å²) in [5.74, 6) is 0.532. The molecule has 2 rings (SSSR count). The van der Waals surface area contributed by atoms with E-state index in [0.29, 0.717) is 26.1 Å². The molecule has 1 saturated heterocycles. The van der Waals surface area contributed by atoms with Gasteiger partial charge in [0.05, 0.1) is 10.6 Å². The van der Waals surface area contributed by atoms with Crippen LogP contribution in [0, 0.1) is 0 Å². The van der Waals surface area contributed by atoms with Gasteiger partial charge in [0, 0.05) is 31.9 Å². The number of hydrogen-bond acceptors (Lipinski definition) is 3. The maximum Gasteiger partial charge on any atom is 0.417 e. The first kappa shape index (κ1) is 20.5. The highest BCUT2D eigenvalue weighted by Crippen LogP contribution is 2.34. The predicted octanol–water partition coefficient (Wildman–Crippen LogP) is 3.15. The lowest BCUT2D eigenvalue weighted by Crippen LogP contribution is -2.45. The molecule has 1 aliphatic rings. The van der Waals surface area contributed by atoms with Gasteiger partial charge in [-0.15, -0.1) is 0 Å². The lowest BCUT2D eigenvalue weighted by atomic mass is 10.2. The summed E-state index contributed by atoms with van der Waals surface area (Å²) in [6.45, 7) is 2.64. The molecule has 0 aromatic carbocycles. The summed E-state index contributed by atoms with van der Waals surface area (Å²) in [7, 11) is 0. The van der Waals surface area contributed by atoms with Crippen LogP contribution in [0.15, 0.2) is 17.3 Å². The number of anilines is 1. The van der Waals surface area contributed by atoms with Crippen molar-refractivity contribution < 1.29 is 22.0 Å². The van der Waals surface area contributed by atoms with E-state index in [1.807, 2.05) is 6.92 Å². The molecule has 1 aromatic rings. The molecule has 1 aromatic heterocycles. The van der Waals surface area contributed by atoms with E-state index in [0.717, 1.165) is 12.3 Å². The Balaban J connectivity index is 2.02. The van der Waals surface area contributed by atoms with Gasteiger partial charge in [0.1, 0.15) is 12.4 Å². The number of nitrogens with zero attached hydrogens (tertiary/aromatic N) is 3. The Morgan fingerprint density at radius 2 is 2.19 bits per heavy atom. The molecule has 1 unspecified atom stereocenters. The standard InChI is InChI=1S/C15H19ClF5N5/c1-2-22-14(24-7-12(17)18)25-10-3-4-26(8-10)13-11(16)5-9(6-23-13)15(19,20)21/h5-6,10,12H,2-4,7-8H2,1H3,(H2,22,24,25). The van der Waals surface area contributed by atoms with E-state index in [4.69, 9.17) is 11.6 Å². The van der Waals surface area contributed by atoms with E-state index in [1.165, 1.54) is 0 Å². The smallest absolute Gasteiger partial charge is 0.357 e. The number of alkyl halides is 5. The maximum atomic E-state index is 12.7. The number of guanidine groups is 1. The lowest BCUT2D eigenvalue weighted by molar-refractivity contribution is -0.137. The first-order chi connectivity index (χ1) is 12.2. The molecule has 1 atom stereocenters. The van der Waals surface area contributed by atoms with Crippen LogP contribution in [0.3, 0.4) is 0 Å². The minimum atomic E-state index is -4.51. The molecule has 0 amide bonds. The third-order valence-electron chi connectivity index (χ3n) is 3.71. The zero-order valence-electron chi connectivity index (χ0n) is 14.0. The zero-order chi connectivity index (χ0) is 19.3. The van der Waals surface area contributed by atoms with Crippen molar-refractivity contribution in [3.8, 4) is 0 Å². The Hall–Kier alpha value is -1.84. The molecule has 26 heavy (non-hydrogen) atoms. The van der Waals surface area contributed by atoms with Gasteiger partial charge in [-0.2, -0.15) is 13.2 Å². The molecule has 0 radical (unpaired) electrons. The predicted molar refractivity (Wildman–Crippen MR) is 90.0 cm³/mol. The fourth-order valence-corrected chi connectivity index (χ4v) is 2.85. The van der Waals surface area contributed by atoms with E-state index in [9.17, 15) is 22.0 Å². The number of halogens is 6. The first-order valence-corrected chi connectivity index (χ1v) is 8.39. The normalized spacial score (nSPS) is 18.5. The van der Waals surface area contributed by atoms with Crippen LogP contribution in [-0.2, 0) is 6.18 Å². The number of rotatable bonds is 5. The van der Waals surface area contributed by atoms with Crippen molar-refractivity contribution in [3.63, 3.8) is 0 Å². The Morgan fingerprint density at radius 3 is 2.77 bits per heavy atom. The summed E-state index contributed by atoms with van der Waals surface area (Å²) in [6, 6.07) is 0.726. The van der Waals surface area contributed by atoms with Crippen LogP contribution < -0.4 is 15.5 Å². The first-order valence-electron chi connectivity index (χ1n) is 8.01. The number of aliphatic imine (C=N–C) groups is 1. The largest absolute Gasteiger partial charge is 0.417 e. The number of aromatic nitrogens is 1. The molecular formula is C15H19ClF5N5. The van der Waals surface area contributed by atoms with Crippen LogP contribution in [0.5, 0.6) is 0 Å². The SMILES string of the molecule is CCNC(=NCC(F)F)NC1CCN(c2ncc(C(F)(F)F)cc2Cl)C1. The van der Waals surface area contributed by atoms with Gasteiger partial charge in [-0.25, -0.2) is 18.8 Å². The quantitative estimate of drug-likeness (QED) is 0.454. The molecule has 1 aliphatic heterocycles. The van der Waals surface area contributed by atoms with Gasteiger partial charge in [-0.3, -0.25) is 0 Å². The zero-order valence-corrected chi connectivity index (χ0v) is 14.7. The van der Waals surface area contributed by atoms with Crippen molar-refractivity contribution in [1.29, 1.82) is 0 Å². The lowest BCUT2D eigenvalue weighted by Gasteiger charge is -2.21. The van der Waals surface area contributed by atoms with Crippen molar-refractivity contribution in [2.75, 3.05) is 31.1 Å². The summed E-state index contributed by atoms with van der Waals surface area (Å²) in [5, 5.41) is 5.83. The van der Waals surface area contributed by atoms with E-state index < -0.39 is 24.7 Å². The van der Waals surface area contributed by atoms with Crippen molar-refractivity contribution in [2.24, 2.45) is 4.99 Å². The monoisotopic (exact) mass is 399 g/mol. The Bertz CT molecular complexity index is 637. The fourth-order valence-electron chi connectivity index (χ4n) is 2.56. The van der Waals surface area contributed by atoms with Gasteiger partial charge in [0.15, 0.2) is 5.96 Å². The van der Waals surface area contributed by atoms with Gasteiger partial charge >= 0.3 is 6.18 Å². The topological polar surface area (TPSA) is 52.6 Å². The Morgan fingerprint density at radius 1 is 1.46 bits per heavy atom. The number of pyridine rings is 1. The third kappa shape index (κ3) is 5.58. The Labute approximate surface area is 152 Å². The molecule has 0 aliphatic carbocycles. The summed E-state index contributed by atoms with van der Waals surface area (Å²) >= 11 is 5.96. The van der Waals surface area contributed by atoms with Crippen LogP contribution in [0.25, 0.3) is 0 Å². The highest BCUT2D eigenvalue weighted by Gasteiger charge is 2.33. The van der Waals surface area contributed by atoms with E-state index in [2.05, 4.69) is 20.6 Å². The van der Waals surface area contributed by atoms with Crippen LogP contribution in [-0.4, -0.2) is 49.6 Å². The maximum absolute atomic E-state index is 12.7. The fraction of sp³-hybridized carbons (Fsp3) is 0.600. The molecule has 0 spiro atoms. The second-order valence-corrected chi connectivity index (χ2v) is 6.12. The molecule has 1 fully saturated rings. The molecule has 0 bridgehead atoms. The highest BCUT2D eigenvalue weighted by molar-refractivity contribution is 6.33. The van der Waals surface area contributed by atoms with Crippen molar-refractivity contribution >= 4 is 23.4 Å². The molecule has 2 N–H and O–H groups in total.